The smallest absolute Gasteiger partial charge is 0.344 e. The fraction of sp³-hybridized carbons (Fsp3) is 0.250. The number of esters is 2. The number of hydrogen-bond acceptors (Lipinski definition) is 5. The average Bonchev–Trinajstić information content (AvgIpc) is 2.59. The summed E-state index contributed by atoms with van der Waals surface area (Å²) in [5, 5.41) is 0. The largest absolute Gasteiger partial charge is 0.465 e. The summed E-state index contributed by atoms with van der Waals surface area (Å²) in [4.78, 5) is 28.3. The number of rotatable bonds is 4. The Balaban J connectivity index is 2.77. The van der Waals surface area contributed by atoms with Crippen molar-refractivity contribution in [3.05, 3.63) is 47.8 Å². The maximum Gasteiger partial charge on any atom is 0.344 e. The van der Waals surface area contributed by atoms with E-state index in [1.54, 1.807) is 30.5 Å². The van der Waals surface area contributed by atoms with Crippen LogP contribution in [0.3, 0.4) is 0 Å². The van der Waals surface area contributed by atoms with Gasteiger partial charge in [0.1, 0.15) is 17.8 Å². The van der Waals surface area contributed by atoms with Crippen molar-refractivity contribution in [2.24, 2.45) is 0 Å². The van der Waals surface area contributed by atoms with Gasteiger partial charge in [-0.3, -0.25) is 0 Å². The van der Waals surface area contributed by atoms with Gasteiger partial charge in [-0.2, -0.15) is 4.57 Å². The molecule has 114 valence electrons. The minimum Gasteiger partial charge on any atom is -0.465 e. The van der Waals surface area contributed by atoms with E-state index in [0.717, 1.165) is 0 Å². The van der Waals surface area contributed by atoms with Gasteiger partial charge in [-0.05, 0) is 25.1 Å². The molecule has 6 nitrogen and oxygen atoms in total. The lowest BCUT2D eigenvalue weighted by molar-refractivity contribution is -0.683. The van der Waals surface area contributed by atoms with Crippen LogP contribution in [0.25, 0.3) is 11.4 Å². The molecule has 0 N–H and O–H groups in total. The average molecular weight is 301 g/mol. The molecule has 0 radical (unpaired) electrons. The molecule has 0 spiro atoms. The molecule has 0 saturated heterocycles. The van der Waals surface area contributed by atoms with Crippen LogP contribution in [-0.4, -0.2) is 31.1 Å². The first-order chi connectivity index (χ1) is 10.6. The molecular weight excluding hydrogens is 284 g/mol. The zero-order valence-corrected chi connectivity index (χ0v) is 12.7. The normalized spacial score (nSPS) is 10.1. The Morgan fingerprint density at radius 1 is 1.09 bits per heavy atom. The highest BCUT2D eigenvalue weighted by Crippen LogP contribution is 2.23. The van der Waals surface area contributed by atoms with Gasteiger partial charge >= 0.3 is 11.9 Å². The Hall–Kier alpha value is -2.76. The second-order valence-corrected chi connectivity index (χ2v) is 4.44. The zero-order valence-electron chi connectivity index (χ0n) is 12.7. The van der Waals surface area contributed by atoms with E-state index in [4.69, 9.17) is 9.47 Å². The fourth-order valence-corrected chi connectivity index (χ4v) is 2.22. The summed E-state index contributed by atoms with van der Waals surface area (Å²) in [6.45, 7) is 2.54. The van der Waals surface area contributed by atoms with Gasteiger partial charge < -0.3 is 9.47 Å². The van der Waals surface area contributed by atoms with Gasteiger partial charge in [-0.25, -0.2) is 14.6 Å². The number of aryl methyl sites for hydroxylation is 1. The molecule has 2 heterocycles. The number of pyridine rings is 2. The Labute approximate surface area is 128 Å². The predicted octanol–water partition coefficient (Wildman–Crippen LogP) is 1.63. The molecule has 22 heavy (non-hydrogen) atoms. The first kappa shape index (κ1) is 15.6. The molecule has 6 heteroatoms. The summed E-state index contributed by atoms with van der Waals surface area (Å²) < 4.78 is 11.5. The first-order valence-corrected chi connectivity index (χ1v) is 6.78. The van der Waals surface area contributed by atoms with E-state index in [-0.39, 0.29) is 0 Å². The summed E-state index contributed by atoms with van der Waals surface area (Å²) in [7, 11) is 2.62. The quantitative estimate of drug-likeness (QED) is 0.634. The van der Waals surface area contributed by atoms with Gasteiger partial charge in [0, 0.05) is 12.3 Å². The van der Waals surface area contributed by atoms with E-state index < -0.39 is 11.9 Å². The second-order valence-electron chi connectivity index (χ2n) is 4.44. The zero-order chi connectivity index (χ0) is 16.1. The van der Waals surface area contributed by atoms with Crippen LogP contribution in [0.15, 0.2) is 36.7 Å². The van der Waals surface area contributed by atoms with Crippen molar-refractivity contribution in [2.45, 2.75) is 13.5 Å². The molecule has 0 bridgehead atoms. The van der Waals surface area contributed by atoms with Crippen LogP contribution in [0, 0.1) is 0 Å². The molecule has 0 fully saturated rings. The van der Waals surface area contributed by atoms with Crippen LogP contribution in [0.1, 0.15) is 27.6 Å². The highest BCUT2D eigenvalue weighted by molar-refractivity contribution is 6.00. The third-order valence-corrected chi connectivity index (χ3v) is 3.25. The van der Waals surface area contributed by atoms with Gasteiger partial charge in [-0.15, -0.1) is 0 Å². The molecule has 0 atom stereocenters. The van der Waals surface area contributed by atoms with Crippen molar-refractivity contribution >= 4 is 11.9 Å². The molecule has 2 aromatic rings. The van der Waals surface area contributed by atoms with Crippen LogP contribution in [0.5, 0.6) is 0 Å². The van der Waals surface area contributed by atoms with E-state index >= 15 is 0 Å². The lowest BCUT2D eigenvalue weighted by Crippen LogP contribution is -2.37. The minimum atomic E-state index is -0.509. The minimum absolute atomic E-state index is 0.295. The lowest BCUT2D eigenvalue weighted by Gasteiger charge is -2.09. The molecule has 0 amide bonds. The molecule has 2 aromatic heterocycles. The second kappa shape index (κ2) is 6.80. The molecule has 0 aliphatic rings. The van der Waals surface area contributed by atoms with Gasteiger partial charge in [0.15, 0.2) is 6.20 Å². The monoisotopic (exact) mass is 301 g/mol. The van der Waals surface area contributed by atoms with Gasteiger partial charge in [-0.1, -0.05) is 0 Å². The maximum atomic E-state index is 12.0. The van der Waals surface area contributed by atoms with Crippen LogP contribution in [-0.2, 0) is 16.0 Å². The van der Waals surface area contributed by atoms with Crippen LogP contribution >= 0.6 is 0 Å². The number of carbonyl (C=O) groups is 2. The standard InChI is InChI=1S/C16H17N2O4/c1-4-18-10-6-8-12(16(20)22-3)14(18)13-11(15(19)21-2)7-5-9-17-13/h5-10H,4H2,1-3H3/q+1. The first-order valence-electron chi connectivity index (χ1n) is 6.78. The molecule has 0 aromatic carbocycles. The third kappa shape index (κ3) is 2.81. The molecule has 0 aliphatic heterocycles. The molecule has 2 rings (SSSR count). The van der Waals surface area contributed by atoms with Gasteiger partial charge in [0.2, 0.25) is 5.69 Å². The third-order valence-electron chi connectivity index (χ3n) is 3.25. The lowest BCUT2D eigenvalue weighted by atomic mass is 10.0. The van der Waals surface area contributed by atoms with Crippen molar-refractivity contribution < 1.29 is 23.6 Å². The molecule has 0 aliphatic carbocycles. The van der Waals surface area contributed by atoms with E-state index in [2.05, 4.69) is 4.98 Å². The summed E-state index contributed by atoms with van der Waals surface area (Å²) in [5.41, 5.74) is 1.55. The van der Waals surface area contributed by atoms with Crippen molar-refractivity contribution in [3.8, 4) is 11.4 Å². The highest BCUT2D eigenvalue weighted by atomic mass is 16.5. The van der Waals surface area contributed by atoms with Crippen molar-refractivity contribution in [1.82, 2.24) is 4.98 Å². The van der Waals surface area contributed by atoms with E-state index in [9.17, 15) is 9.59 Å². The highest BCUT2D eigenvalue weighted by Gasteiger charge is 2.28. The maximum absolute atomic E-state index is 12.0. The summed E-state index contributed by atoms with van der Waals surface area (Å²) >= 11 is 0. The van der Waals surface area contributed by atoms with Gasteiger partial charge in [0.25, 0.3) is 0 Å². The van der Waals surface area contributed by atoms with Crippen molar-refractivity contribution in [1.29, 1.82) is 0 Å². The van der Waals surface area contributed by atoms with E-state index in [1.165, 1.54) is 14.2 Å². The van der Waals surface area contributed by atoms with Crippen molar-refractivity contribution in [2.75, 3.05) is 14.2 Å². The number of aromatic nitrogens is 2. The number of ether oxygens (including phenoxy) is 2. The van der Waals surface area contributed by atoms with Crippen LogP contribution in [0.4, 0.5) is 0 Å². The number of methoxy groups -OCH3 is 2. The van der Waals surface area contributed by atoms with Crippen LogP contribution < -0.4 is 4.57 Å². The Bertz CT molecular complexity index is 713. The Morgan fingerprint density at radius 3 is 2.36 bits per heavy atom. The Morgan fingerprint density at radius 2 is 1.73 bits per heavy atom. The Kier molecular flexibility index (Phi) is 4.83. The molecule has 0 unspecified atom stereocenters. The predicted molar refractivity (Wildman–Crippen MR) is 78.2 cm³/mol. The van der Waals surface area contributed by atoms with E-state index in [1.807, 2.05) is 17.7 Å². The topological polar surface area (TPSA) is 69.4 Å². The number of carbonyl (C=O) groups excluding carboxylic acids is 2. The van der Waals surface area contributed by atoms with Crippen molar-refractivity contribution in [3.63, 3.8) is 0 Å². The fourth-order valence-electron chi connectivity index (χ4n) is 2.22. The summed E-state index contributed by atoms with van der Waals surface area (Å²) in [6.07, 6.45) is 3.38. The number of nitrogens with zero attached hydrogens (tertiary/aromatic N) is 2. The van der Waals surface area contributed by atoms with Crippen LogP contribution in [0.2, 0.25) is 0 Å². The van der Waals surface area contributed by atoms with Gasteiger partial charge in [0.05, 0.1) is 19.8 Å². The SMILES string of the molecule is CC[n+]1cccc(C(=O)OC)c1-c1ncccc1C(=O)OC. The van der Waals surface area contributed by atoms with E-state index in [0.29, 0.717) is 29.1 Å². The summed E-state index contributed by atoms with van der Waals surface area (Å²) in [5.74, 6) is -0.996. The summed E-state index contributed by atoms with van der Waals surface area (Å²) in [6, 6.07) is 6.65. The number of hydrogen-bond donors (Lipinski definition) is 0. The molecule has 0 saturated carbocycles. The molecular formula is C16H17N2O4+.